The summed E-state index contributed by atoms with van der Waals surface area (Å²) in [5, 5.41) is 0. The van der Waals surface area contributed by atoms with Gasteiger partial charge in [0.05, 0.1) is 0 Å². The number of hydrogen-bond acceptors (Lipinski definition) is 0. The second-order valence-corrected chi connectivity index (χ2v) is 4.41. The van der Waals surface area contributed by atoms with Gasteiger partial charge in [-0.2, -0.15) is 0 Å². The van der Waals surface area contributed by atoms with Crippen molar-refractivity contribution in [3.8, 4) is 0 Å². The summed E-state index contributed by atoms with van der Waals surface area (Å²) in [5.74, 6) is 0. The minimum atomic E-state index is 0.303. The Morgan fingerprint density at radius 1 is 1.44 bits per heavy atom. The van der Waals surface area contributed by atoms with Crippen molar-refractivity contribution in [3.63, 3.8) is 0 Å². The van der Waals surface area contributed by atoms with Gasteiger partial charge in [0, 0.05) is 0 Å². The van der Waals surface area contributed by atoms with Crippen LogP contribution in [0, 0.1) is 0 Å². The van der Waals surface area contributed by atoms with E-state index in [1.807, 2.05) is 0 Å². The van der Waals surface area contributed by atoms with Crippen molar-refractivity contribution >= 4 is 20.4 Å². The molecule has 0 aromatic carbocycles. The van der Waals surface area contributed by atoms with E-state index in [2.05, 4.69) is 26.0 Å². The summed E-state index contributed by atoms with van der Waals surface area (Å²) < 4.78 is 2.96. The number of rotatable bonds is 5. The molecule has 0 aromatic heterocycles. The van der Waals surface area contributed by atoms with E-state index in [4.69, 9.17) is 0 Å². The van der Waals surface area contributed by atoms with E-state index in [0.717, 1.165) is 0 Å². The predicted octanol–water partition coefficient (Wildman–Crippen LogP) is 2.90. The van der Waals surface area contributed by atoms with Gasteiger partial charge in [-0.15, -0.1) is 15.2 Å². The zero-order valence-electron chi connectivity index (χ0n) is 6.69. The molecule has 0 heterocycles. The highest BCUT2D eigenvalue weighted by molar-refractivity contribution is 6.36. The molecule has 0 aliphatic heterocycles. The van der Waals surface area contributed by atoms with E-state index in [-0.39, 0.29) is 0 Å². The first-order valence-electron chi connectivity index (χ1n) is 4.03. The largest absolute Gasteiger partial charge is 0.369 e. The van der Waals surface area contributed by atoms with Gasteiger partial charge in [0.25, 0.3) is 0 Å². The zero-order valence-corrected chi connectivity index (χ0v) is 8.10. The molecule has 0 unspecified atom stereocenters. The molecule has 1 heteroatoms. The highest BCUT2D eigenvalue weighted by Crippen LogP contribution is 1.95. The first kappa shape index (κ1) is 9.51. The van der Waals surface area contributed by atoms with Crippen LogP contribution in [0.25, 0.3) is 0 Å². The van der Waals surface area contributed by atoms with E-state index in [9.17, 15) is 0 Å². The third-order valence-electron chi connectivity index (χ3n) is 1.46. The van der Waals surface area contributed by atoms with Crippen LogP contribution in [0.15, 0.2) is 12.2 Å². The van der Waals surface area contributed by atoms with Crippen molar-refractivity contribution in [3.05, 3.63) is 12.2 Å². The molecule has 0 N–H and O–H groups in total. The van der Waals surface area contributed by atoms with Gasteiger partial charge in [0.15, 0.2) is 0 Å². The molecule has 0 fully saturated rings. The lowest BCUT2D eigenvalue weighted by Crippen LogP contribution is -1.84. The molecule has 0 atom stereocenters. The minimum absolute atomic E-state index is 0.303. The SMILES string of the molecule is C/C=C/[CH2][Mg][CH2]CCC. The smallest absolute Gasteiger partial charge is 0.145 e. The summed E-state index contributed by atoms with van der Waals surface area (Å²) in [7, 11) is 0. The molecule has 0 amide bonds. The van der Waals surface area contributed by atoms with Crippen molar-refractivity contribution in [2.45, 2.75) is 35.8 Å². The maximum absolute atomic E-state index is 2.31. The van der Waals surface area contributed by atoms with Gasteiger partial charge in [0.2, 0.25) is 0 Å². The quantitative estimate of drug-likeness (QED) is 0.310. The Kier molecular flexibility index (Phi) is 8.98. The van der Waals surface area contributed by atoms with E-state index in [1.54, 1.807) is 4.55 Å². The van der Waals surface area contributed by atoms with Gasteiger partial charge < -0.3 is 0 Å². The average molecular weight is 137 g/mol. The van der Waals surface area contributed by atoms with E-state index < -0.39 is 0 Å². The third-order valence-corrected chi connectivity index (χ3v) is 3.20. The minimum Gasteiger partial charge on any atom is -0.145 e. The highest BCUT2D eigenvalue weighted by atomic mass is 24.5. The maximum atomic E-state index is 2.31. The molecule has 0 saturated carbocycles. The second-order valence-electron chi connectivity index (χ2n) is 2.42. The Morgan fingerprint density at radius 2 is 2.22 bits per heavy atom. The van der Waals surface area contributed by atoms with Crippen LogP contribution in [0.3, 0.4) is 0 Å². The molecule has 0 spiro atoms. The molecule has 0 aliphatic rings. The van der Waals surface area contributed by atoms with Crippen molar-refractivity contribution in [2.75, 3.05) is 0 Å². The van der Waals surface area contributed by atoms with Crippen LogP contribution in [-0.4, -0.2) is 20.4 Å². The number of allylic oxidation sites excluding steroid dienone is 2. The van der Waals surface area contributed by atoms with Gasteiger partial charge in [-0.1, -0.05) is 25.8 Å². The standard InChI is InChI=1S/C4H9.C4H7.Mg/c2*1-3-4-2;/h1,3-4H2,2H3;3-4H,1H2,2H3;/b;4-3+;. The van der Waals surface area contributed by atoms with Crippen LogP contribution in [0.1, 0.15) is 26.7 Å². The number of hydrogen-bond donors (Lipinski definition) is 0. The van der Waals surface area contributed by atoms with Gasteiger partial charge in [0.1, 0.15) is 0 Å². The van der Waals surface area contributed by atoms with E-state index in [1.165, 1.54) is 17.4 Å². The Bertz CT molecular complexity index is 67.0. The van der Waals surface area contributed by atoms with Crippen LogP contribution in [0.2, 0.25) is 9.10 Å². The fraction of sp³-hybridized carbons (Fsp3) is 0.750. The highest BCUT2D eigenvalue weighted by Gasteiger charge is 1.89. The van der Waals surface area contributed by atoms with Crippen LogP contribution in [-0.2, 0) is 0 Å². The van der Waals surface area contributed by atoms with Crippen LogP contribution in [0.4, 0.5) is 0 Å². The van der Waals surface area contributed by atoms with Crippen molar-refractivity contribution in [1.82, 2.24) is 0 Å². The molecular weight excluding hydrogens is 120 g/mol. The molecule has 0 rings (SSSR count). The Morgan fingerprint density at radius 3 is 2.78 bits per heavy atom. The maximum Gasteiger partial charge on any atom is 0.369 e. The summed E-state index contributed by atoms with van der Waals surface area (Å²) >= 11 is 0.303. The molecular formula is C8H16Mg. The van der Waals surface area contributed by atoms with Crippen LogP contribution < -0.4 is 0 Å². The lowest BCUT2D eigenvalue weighted by Gasteiger charge is -1.89. The van der Waals surface area contributed by atoms with Crippen molar-refractivity contribution in [1.29, 1.82) is 0 Å². The summed E-state index contributed by atoms with van der Waals surface area (Å²) in [4.78, 5) is 0. The van der Waals surface area contributed by atoms with Gasteiger partial charge in [-0.3, -0.25) is 0 Å². The fourth-order valence-corrected chi connectivity index (χ4v) is 2.57. The van der Waals surface area contributed by atoms with Crippen molar-refractivity contribution < 1.29 is 0 Å². The summed E-state index contributed by atoms with van der Waals surface area (Å²) in [5.41, 5.74) is 0. The molecule has 0 aliphatic carbocycles. The van der Waals surface area contributed by atoms with Gasteiger partial charge in [-0.05, 0) is 6.92 Å². The number of unbranched alkanes of at least 4 members (excludes halogenated alkanes) is 1. The third kappa shape index (κ3) is 8.51. The van der Waals surface area contributed by atoms with Gasteiger partial charge >= 0.3 is 20.4 Å². The van der Waals surface area contributed by atoms with Crippen LogP contribution >= 0.6 is 0 Å². The predicted molar refractivity (Wildman–Crippen MR) is 45.1 cm³/mol. The first-order valence-corrected chi connectivity index (χ1v) is 6.03. The molecule has 0 bridgehead atoms. The Balaban J connectivity index is 2.75. The monoisotopic (exact) mass is 136 g/mol. The second kappa shape index (κ2) is 8.51. The molecule has 0 saturated heterocycles. The Hall–Kier alpha value is 0.506. The molecule has 0 nitrogen and oxygen atoms in total. The summed E-state index contributed by atoms with van der Waals surface area (Å²) in [6, 6.07) is 0. The Labute approximate surface area is 68.4 Å². The summed E-state index contributed by atoms with van der Waals surface area (Å²) in [6.07, 6.45) is 7.31. The molecule has 0 radical (unpaired) electrons. The summed E-state index contributed by atoms with van der Waals surface area (Å²) in [6.45, 7) is 4.37. The average Bonchev–Trinajstić information content (AvgIpc) is 1.89. The molecule has 9 heavy (non-hydrogen) atoms. The zero-order chi connectivity index (χ0) is 6.95. The van der Waals surface area contributed by atoms with Crippen LogP contribution in [0.5, 0.6) is 0 Å². The lowest BCUT2D eigenvalue weighted by atomic mass is 10.4. The molecule has 0 aromatic rings. The van der Waals surface area contributed by atoms with Crippen molar-refractivity contribution in [2.24, 2.45) is 0 Å². The van der Waals surface area contributed by atoms with E-state index in [0.29, 0.717) is 20.4 Å². The van der Waals surface area contributed by atoms with Gasteiger partial charge in [-0.25, -0.2) is 0 Å². The fourth-order valence-electron chi connectivity index (χ4n) is 0.856. The van der Waals surface area contributed by atoms with E-state index >= 15 is 0 Å². The first-order chi connectivity index (χ1) is 4.41. The normalized spacial score (nSPS) is 10.0. The molecule has 50 valence electrons. The lowest BCUT2D eigenvalue weighted by molar-refractivity contribution is 0.878. The topological polar surface area (TPSA) is 0 Å².